The highest BCUT2D eigenvalue weighted by Gasteiger charge is 2.33. The van der Waals surface area contributed by atoms with Gasteiger partial charge in [-0.1, -0.05) is 17.7 Å². The zero-order chi connectivity index (χ0) is 17.7. The number of halogens is 5. The van der Waals surface area contributed by atoms with Gasteiger partial charge in [-0.05, 0) is 18.1 Å². The monoisotopic (exact) mass is 402 g/mol. The van der Waals surface area contributed by atoms with Crippen LogP contribution in [0.3, 0.4) is 0 Å². The molecule has 2 rings (SSSR count). The van der Waals surface area contributed by atoms with E-state index in [1.807, 2.05) is 4.90 Å². The Bertz CT molecular complexity index is 553. The third-order valence-corrected chi connectivity index (χ3v) is 4.56. The van der Waals surface area contributed by atoms with E-state index in [9.17, 15) is 13.2 Å². The highest BCUT2D eigenvalue weighted by Crippen LogP contribution is 2.43. The molecule has 0 aromatic heterocycles. The molecule has 1 fully saturated rings. The molecule has 1 aromatic carbocycles. The van der Waals surface area contributed by atoms with E-state index < -0.39 is 18.6 Å². The summed E-state index contributed by atoms with van der Waals surface area (Å²) in [6.07, 6.45) is -5.10. The van der Waals surface area contributed by atoms with E-state index >= 15 is 0 Å². The minimum absolute atomic E-state index is 0. The average Bonchev–Trinajstić information content (AvgIpc) is 2.56. The van der Waals surface area contributed by atoms with Crippen LogP contribution in [-0.4, -0.2) is 51.5 Å². The number of alkyl halides is 3. The normalized spacial score (nSPS) is 16.9. The number of nitrogens with zero attached hydrogens (tertiary/aromatic N) is 1. The van der Waals surface area contributed by atoms with Gasteiger partial charge in [-0.15, -0.1) is 12.4 Å². The van der Waals surface area contributed by atoms with Crippen LogP contribution < -0.4 is 14.8 Å². The predicted molar refractivity (Wildman–Crippen MR) is 94.3 cm³/mol. The van der Waals surface area contributed by atoms with E-state index in [0.717, 1.165) is 13.1 Å². The van der Waals surface area contributed by atoms with Gasteiger partial charge in [0.2, 0.25) is 0 Å². The maximum absolute atomic E-state index is 12.8. The molecule has 0 bridgehead atoms. The van der Waals surface area contributed by atoms with Crippen molar-refractivity contribution in [3.8, 4) is 11.5 Å². The molecule has 1 aromatic rings. The lowest BCUT2D eigenvalue weighted by molar-refractivity contribution is -0.138. The largest absolute Gasteiger partial charge is 0.493 e. The summed E-state index contributed by atoms with van der Waals surface area (Å²) in [5.41, 5.74) is 0.639. The first kappa shape index (κ1) is 22.2. The SMILES string of the molecule is COc1ccc([C@@H](CCC(F)(F)F)N2CCNCC2)c(Cl)c1OC.Cl. The summed E-state index contributed by atoms with van der Waals surface area (Å²) in [5, 5.41) is 3.52. The molecule has 0 unspecified atom stereocenters. The number of methoxy groups -OCH3 is 2. The smallest absolute Gasteiger partial charge is 0.389 e. The number of hydrogen-bond donors (Lipinski definition) is 1. The van der Waals surface area contributed by atoms with Crippen molar-refractivity contribution in [3.63, 3.8) is 0 Å². The van der Waals surface area contributed by atoms with Crippen LogP contribution in [0.5, 0.6) is 11.5 Å². The van der Waals surface area contributed by atoms with E-state index in [-0.39, 0.29) is 18.8 Å². The molecule has 0 aliphatic carbocycles. The standard InChI is InChI=1S/C16H22ClF3N2O2.ClH/c1-23-13-4-3-11(14(17)15(13)24-2)12(5-6-16(18,19)20)22-9-7-21-8-10-22;/h3-4,12,21H,5-10H2,1-2H3;1H/t12-;/m1./s1. The topological polar surface area (TPSA) is 33.7 Å². The van der Waals surface area contributed by atoms with Gasteiger partial charge in [-0.25, -0.2) is 0 Å². The maximum atomic E-state index is 12.8. The summed E-state index contributed by atoms with van der Waals surface area (Å²) >= 11 is 6.43. The van der Waals surface area contributed by atoms with E-state index in [1.165, 1.54) is 14.2 Å². The molecule has 1 aliphatic rings. The van der Waals surface area contributed by atoms with Crippen molar-refractivity contribution in [2.75, 3.05) is 40.4 Å². The van der Waals surface area contributed by atoms with Crippen molar-refractivity contribution in [1.82, 2.24) is 10.2 Å². The third kappa shape index (κ3) is 5.81. The molecule has 4 nitrogen and oxygen atoms in total. The molecule has 1 atom stereocenters. The number of nitrogens with one attached hydrogen (secondary N) is 1. The van der Waals surface area contributed by atoms with Gasteiger partial charge in [0.05, 0.1) is 19.2 Å². The van der Waals surface area contributed by atoms with Gasteiger partial charge >= 0.3 is 6.18 Å². The molecule has 1 saturated heterocycles. The van der Waals surface area contributed by atoms with Crippen LogP contribution in [-0.2, 0) is 0 Å². The van der Waals surface area contributed by atoms with Gasteiger partial charge in [0.25, 0.3) is 0 Å². The van der Waals surface area contributed by atoms with Crippen LogP contribution in [0.2, 0.25) is 5.02 Å². The Morgan fingerprint density at radius 3 is 2.36 bits per heavy atom. The van der Waals surface area contributed by atoms with Crippen LogP contribution in [0.15, 0.2) is 12.1 Å². The third-order valence-electron chi connectivity index (χ3n) is 4.17. The van der Waals surface area contributed by atoms with E-state index in [0.29, 0.717) is 35.2 Å². The van der Waals surface area contributed by atoms with Gasteiger partial charge < -0.3 is 14.8 Å². The molecule has 1 N–H and O–H groups in total. The summed E-state index contributed by atoms with van der Waals surface area (Å²) < 4.78 is 48.7. The second kappa shape index (κ2) is 9.71. The number of piperazine rings is 1. The van der Waals surface area contributed by atoms with Gasteiger partial charge in [-0.2, -0.15) is 13.2 Å². The summed E-state index contributed by atoms with van der Waals surface area (Å²) in [7, 11) is 2.95. The van der Waals surface area contributed by atoms with Gasteiger partial charge in [-0.3, -0.25) is 4.90 Å². The highest BCUT2D eigenvalue weighted by atomic mass is 35.5. The quantitative estimate of drug-likeness (QED) is 0.777. The molecule has 0 amide bonds. The second-order valence-corrected chi connectivity index (χ2v) is 6.04. The number of benzene rings is 1. The summed E-state index contributed by atoms with van der Waals surface area (Å²) in [4.78, 5) is 2.04. The molecular weight excluding hydrogens is 380 g/mol. The van der Waals surface area contributed by atoms with Crippen molar-refractivity contribution in [2.24, 2.45) is 0 Å². The molecule has 0 spiro atoms. The predicted octanol–water partition coefficient (Wildman–Crippen LogP) is 4.07. The Morgan fingerprint density at radius 2 is 1.84 bits per heavy atom. The lowest BCUT2D eigenvalue weighted by Gasteiger charge is -2.36. The zero-order valence-electron chi connectivity index (χ0n) is 14.2. The fraction of sp³-hybridized carbons (Fsp3) is 0.625. The van der Waals surface area contributed by atoms with Crippen LogP contribution in [0, 0.1) is 0 Å². The fourth-order valence-electron chi connectivity index (χ4n) is 2.99. The van der Waals surface area contributed by atoms with Crippen molar-refractivity contribution < 1.29 is 22.6 Å². The molecule has 0 radical (unpaired) electrons. The molecule has 1 aliphatic heterocycles. The first-order chi connectivity index (χ1) is 11.4. The van der Waals surface area contributed by atoms with Crippen molar-refractivity contribution in [1.29, 1.82) is 0 Å². The van der Waals surface area contributed by atoms with Crippen LogP contribution >= 0.6 is 24.0 Å². The van der Waals surface area contributed by atoms with Crippen molar-refractivity contribution in [2.45, 2.75) is 25.1 Å². The summed E-state index contributed by atoms with van der Waals surface area (Å²) in [6, 6.07) is 3.00. The van der Waals surface area contributed by atoms with Crippen LogP contribution in [0.4, 0.5) is 13.2 Å². The molecule has 25 heavy (non-hydrogen) atoms. The fourth-order valence-corrected chi connectivity index (χ4v) is 3.35. The Balaban J connectivity index is 0.00000312. The minimum Gasteiger partial charge on any atom is -0.493 e. The Labute approximate surface area is 157 Å². The lowest BCUT2D eigenvalue weighted by atomic mass is 9.98. The summed E-state index contributed by atoms with van der Waals surface area (Å²) in [5.74, 6) is 0.810. The van der Waals surface area contributed by atoms with Gasteiger partial charge in [0, 0.05) is 38.6 Å². The number of rotatable bonds is 6. The number of ether oxygens (including phenoxy) is 2. The van der Waals surface area contributed by atoms with Crippen LogP contribution in [0.1, 0.15) is 24.4 Å². The summed E-state index contributed by atoms with van der Waals surface area (Å²) in [6.45, 7) is 2.83. The van der Waals surface area contributed by atoms with Crippen molar-refractivity contribution >= 4 is 24.0 Å². The highest BCUT2D eigenvalue weighted by molar-refractivity contribution is 6.33. The van der Waals surface area contributed by atoms with Crippen LogP contribution in [0.25, 0.3) is 0 Å². The van der Waals surface area contributed by atoms with Crippen molar-refractivity contribution in [3.05, 3.63) is 22.7 Å². The Hall–Kier alpha value is -0.890. The molecular formula is C16H23Cl2F3N2O2. The molecule has 1 heterocycles. The van der Waals surface area contributed by atoms with E-state index in [2.05, 4.69) is 5.32 Å². The first-order valence-electron chi connectivity index (χ1n) is 7.79. The number of hydrogen-bond acceptors (Lipinski definition) is 4. The molecule has 144 valence electrons. The van der Waals surface area contributed by atoms with E-state index in [4.69, 9.17) is 21.1 Å². The maximum Gasteiger partial charge on any atom is 0.389 e. The molecule has 0 saturated carbocycles. The van der Waals surface area contributed by atoms with E-state index in [1.54, 1.807) is 12.1 Å². The molecule has 9 heteroatoms. The Kier molecular flexibility index (Phi) is 8.60. The lowest BCUT2D eigenvalue weighted by Crippen LogP contribution is -2.45. The first-order valence-corrected chi connectivity index (χ1v) is 8.17. The second-order valence-electron chi connectivity index (χ2n) is 5.66. The van der Waals surface area contributed by atoms with Gasteiger partial charge in [0.1, 0.15) is 0 Å². The zero-order valence-corrected chi connectivity index (χ0v) is 15.7. The Morgan fingerprint density at radius 1 is 1.20 bits per heavy atom. The minimum atomic E-state index is -4.20. The average molecular weight is 403 g/mol. The van der Waals surface area contributed by atoms with Gasteiger partial charge in [0.15, 0.2) is 11.5 Å².